The number of aliphatic hydroxyl groups excluding tert-OH is 4. The maximum Gasteiger partial charge on any atom is 0.133 e. The topological polar surface area (TPSA) is 104 Å². The molecule has 0 amide bonds. The van der Waals surface area contributed by atoms with Gasteiger partial charge in [-0.15, -0.1) is 0 Å². The van der Waals surface area contributed by atoms with Gasteiger partial charge in [-0.1, -0.05) is 25.5 Å². The average molecular weight is 285 g/mol. The van der Waals surface area contributed by atoms with Crippen LogP contribution in [0.5, 0.6) is 5.75 Å². The fourth-order valence-corrected chi connectivity index (χ4v) is 2.03. The molecule has 1 aromatic rings. The minimum Gasteiger partial charge on any atom is -0.508 e. The summed E-state index contributed by atoms with van der Waals surface area (Å²) in [5, 5.41) is 47.2. The molecular weight excluding hydrogens is 262 g/mol. The van der Waals surface area contributed by atoms with Gasteiger partial charge in [0.2, 0.25) is 0 Å². The van der Waals surface area contributed by atoms with Crippen LogP contribution in [-0.2, 0) is 13.0 Å². The van der Waals surface area contributed by atoms with E-state index in [1.807, 2.05) is 13.0 Å². The summed E-state index contributed by atoms with van der Waals surface area (Å²) in [5.74, 6) is 0.0464. The zero-order valence-corrected chi connectivity index (χ0v) is 11.6. The molecule has 0 spiro atoms. The van der Waals surface area contributed by atoms with E-state index < -0.39 is 25.7 Å². The van der Waals surface area contributed by atoms with Crippen molar-refractivity contribution in [2.24, 2.45) is 0 Å². The molecule has 0 aliphatic heterocycles. The highest BCUT2D eigenvalue weighted by Gasteiger charge is 2.23. The number of rotatable bonds is 8. The Kier molecular flexibility index (Phi) is 6.90. The summed E-state index contributed by atoms with van der Waals surface area (Å²) in [6, 6.07) is 5.17. The molecule has 20 heavy (non-hydrogen) atoms. The van der Waals surface area contributed by atoms with E-state index in [9.17, 15) is 15.3 Å². The highest BCUT2D eigenvalue weighted by molar-refractivity contribution is 5.36. The fraction of sp³-hybridized carbons (Fsp3) is 0.571. The third-order valence-electron chi connectivity index (χ3n) is 3.13. The van der Waals surface area contributed by atoms with E-state index in [0.717, 1.165) is 23.3 Å². The lowest BCUT2D eigenvalue weighted by atomic mass is 10.1. The van der Waals surface area contributed by atoms with Gasteiger partial charge >= 0.3 is 0 Å². The number of nitrogens with zero attached hydrogens (tertiary/aromatic N) is 1. The van der Waals surface area contributed by atoms with Gasteiger partial charge in [-0.2, -0.15) is 0 Å². The summed E-state index contributed by atoms with van der Waals surface area (Å²) >= 11 is 0. The predicted molar refractivity (Wildman–Crippen MR) is 73.8 cm³/mol. The quantitative estimate of drug-likeness (QED) is 0.423. The molecule has 0 heterocycles. The lowest BCUT2D eigenvalue weighted by molar-refractivity contribution is -0.138. The van der Waals surface area contributed by atoms with Crippen molar-refractivity contribution in [2.45, 2.75) is 38.8 Å². The van der Waals surface area contributed by atoms with Gasteiger partial charge in [0.25, 0.3) is 0 Å². The number of aromatic hydroxyl groups is 1. The molecule has 114 valence electrons. The van der Waals surface area contributed by atoms with E-state index in [2.05, 4.69) is 0 Å². The van der Waals surface area contributed by atoms with Gasteiger partial charge in [-0.3, -0.25) is 0 Å². The van der Waals surface area contributed by atoms with Crippen LogP contribution in [0, 0.1) is 0 Å². The maximum absolute atomic E-state index is 9.85. The van der Waals surface area contributed by atoms with E-state index in [-0.39, 0.29) is 12.3 Å². The Morgan fingerprint density at radius 1 is 1.10 bits per heavy atom. The highest BCUT2D eigenvalue weighted by atomic mass is 16.4. The Hall–Kier alpha value is -1.18. The van der Waals surface area contributed by atoms with Crippen molar-refractivity contribution >= 4 is 0 Å². The number of benzene rings is 1. The Balaban J connectivity index is 2.94. The van der Waals surface area contributed by atoms with Crippen LogP contribution in [0.25, 0.3) is 0 Å². The van der Waals surface area contributed by atoms with Gasteiger partial charge in [0.15, 0.2) is 0 Å². The molecule has 0 aromatic heterocycles. The van der Waals surface area contributed by atoms with E-state index in [0.29, 0.717) is 5.56 Å². The first kappa shape index (κ1) is 16.9. The second-order valence-electron chi connectivity index (χ2n) is 4.71. The third-order valence-corrected chi connectivity index (χ3v) is 3.13. The van der Waals surface area contributed by atoms with Gasteiger partial charge in [0, 0.05) is 12.1 Å². The summed E-state index contributed by atoms with van der Waals surface area (Å²) < 4.78 is 0. The number of hydrogen-bond donors (Lipinski definition) is 5. The largest absolute Gasteiger partial charge is 0.508 e. The predicted octanol–water partition coefficient (Wildman–Crippen LogP) is -0.232. The second-order valence-corrected chi connectivity index (χ2v) is 4.71. The Morgan fingerprint density at radius 3 is 2.20 bits per heavy atom. The minimum atomic E-state index is -1.31. The number of hydrogen-bond acceptors (Lipinski definition) is 6. The molecule has 6 heteroatoms. The molecule has 1 aromatic carbocycles. The molecule has 0 radical (unpaired) electrons. The second kappa shape index (κ2) is 8.18. The first-order valence-corrected chi connectivity index (χ1v) is 6.67. The monoisotopic (exact) mass is 285 g/mol. The van der Waals surface area contributed by atoms with Gasteiger partial charge in [-0.05, 0) is 18.1 Å². The molecule has 0 fully saturated rings. The summed E-state index contributed by atoms with van der Waals surface area (Å²) in [6.45, 7) is 0.912. The third kappa shape index (κ3) is 4.43. The van der Waals surface area contributed by atoms with Gasteiger partial charge in [-0.25, -0.2) is 4.90 Å². The number of aliphatic hydroxyl groups is 4. The van der Waals surface area contributed by atoms with E-state index >= 15 is 0 Å². The van der Waals surface area contributed by atoms with Crippen LogP contribution >= 0.6 is 0 Å². The van der Waals surface area contributed by atoms with E-state index in [4.69, 9.17) is 10.2 Å². The van der Waals surface area contributed by atoms with Crippen LogP contribution in [0.4, 0.5) is 0 Å². The van der Waals surface area contributed by atoms with Crippen LogP contribution < -0.4 is 0 Å². The minimum absolute atomic E-state index is 0.0207. The molecule has 5 N–H and O–H groups in total. The zero-order valence-electron chi connectivity index (χ0n) is 11.6. The summed E-state index contributed by atoms with van der Waals surface area (Å²) in [4.78, 5) is 1.12. The average Bonchev–Trinajstić information content (AvgIpc) is 2.46. The van der Waals surface area contributed by atoms with E-state index in [1.165, 1.54) is 0 Å². The van der Waals surface area contributed by atoms with Crippen molar-refractivity contribution in [2.75, 3.05) is 13.2 Å². The van der Waals surface area contributed by atoms with Crippen molar-refractivity contribution in [1.82, 2.24) is 4.90 Å². The SMILES string of the molecule is CCCc1ccc(O)c(CN(C(O)CO)C(O)CO)c1. The van der Waals surface area contributed by atoms with Gasteiger partial charge < -0.3 is 25.5 Å². The van der Waals surface area contributed by atoms with Crippen molar-refractivity contribution < 1.29 is 25.5 Å². The van der Waals surface area contributed by atoms with Crippen LogP contribution in [0.15, 0.2) is 18.2 Å². The first-order chi connectivity index (χ1) is 9.53. The van der Waals surface area contributed by atoms with Crippen molar-refractivity contribution in [1.29, 1.82) is 0 Å². The lowest BCUT2D eigenvalue weighted by Gasteiger charge is -2.30. The summed E-state index contributed by atoms with van der Waals surface area (Å²) in [5.41, 5.74) is 1.56. The molecule has 2 atom stereocenters. The number of aryl methyl sites for hydroxylation is 1. The Labute approximate surface area is 118 Å². The van der Waals surface area contributed by atoms with Crippen molar-refractivity contribution in [3.8, 4) is 5.75 Å². The molecule has 6 nitrogen and oxygen atoms in total. The van der Waals surface area contributed by atoms with Crippen LogP contribution in [-0.4, -0.2) is 56.1 Å². The molecule has 0 saturated carbocycles. The summed E-state index contributed by atoms with van der Waals surface area (Å²) in [7, 11) is 0. The Bertz CT molecular complexity index is 403. The maximum atomic E-state index is 9.85. The van der Waals surface area contributed by atoms with Gasteiger partial charge in [0.1, 0.15) is 18.2 Å². The Morgan fingerprint density at radius 2 is 1.70 bits per heavy atom. The van der Waals surface area contributed by atoms with Crippen LogP contribution in [0.1, 0.15) is 24.5 Å². The number of phenolic OH excluding ortho intramolecular Hbond substituents is 1. The van der Waals surface area contributed by atoms with Crippen LogP contribution in [0.3, 0.4) is 0 Å². The normalized spacial score (nSPS) is 14.5. The first-order valence-electron chi connectivity index (χ1n) is 6.67. The van der Waals surface area contributed by atoms with Crippen LogP contribution in [0.2, 0.25) is 0 Å². The number of phenols is 1. The zero-order chi connectivity index (χ0) is 15.1. The standard InChI is InChI=1S/C14H23NO5/c1-2-3-10-4-5-12(18)11(6-10)7-15(13(19)8-16)14(20)9-17/h4-6,13-14,16-20H,2-3,7-9H2,1H3. The highest BCUT2D eigenvalue weighted by Crippen LogP contribution is 2.22. The fourth-order valence-electron chi connectivity index (χ4n) is 2.03. The van der Waals surface area contributed by atoms with Gasteiger partial charge in [0.05, 0.1) is 13.2 Å². The molecular formula is C14H23NO5. The molecule has 0 aliphatic rings. The smallest absolute Gasteiger partial charge is 0.133 e. The molecule has 1 rings (SSSR count). The molecule has 0 saturated heterocycles. The van der Waals surface area contributed by atoms with Crippen molar-refractivity contribution in [3.63, 3.8) is 0 Å². The summed E-state index contributed by atoms with van der Waals surface area (Å²) in [6.07, 6.45) is -0.803. The van der Waals surface area contributed by atoms with Crippen molar-refractivity contribution in [3.05, 3.63) is 29.3 Å². The molecule has 0 bridgehead atoms. The lowest BCUT2D eigenvalue weighted by Crippen LogP contribution is -2.46. The molecule has 0 aliphatic carbocycles. The van der Waals surface area contributed by atoms with E-state index in [1.54, 1.807) is 12.1 Å². The molecule has 2 unspecified atom stereocenters.